The molecular weight excluding hydrogens is 214 g/mol. The Hall–Kier alpha value is -0.830. The third-order valence-corrected chi connectivity index (χ3v) is 5.03. The minimum atomic E-state index is -0.925. The van der Waals surface area contributed by atoms with Crippen molar-refractivity contribution in [1.82, 2.24) is 0 Å². The van der Waals surface area contributed by atoms with Crippen LogP contribution in [0.3, 0.4) is 0 Å². The topological polar surface area (TPSA) is 63.3 Å². The molecule has 4 saturated carbocycles. The summed E-state index contributed by atoms with van der Waals surface area (Å²) in [6, 6.07) is -0.831. The molecule has 3 heteroatoms. The highest BCUT2D eigenvalue weighted by Crippen LogP contribution is 2.60. The van der Waals surface area contributed by atoms with E-state index in [4.69, 9.17) is 10.8 Å². The predicted molar refractivity (Wildman–Crippen MR) is 65.4 cm³/mol. The average molecular weight is 235 g/mol. The fourth-order valence-electron chi connectivity index (χ4n) is 4.77. The van der Waals surface area contributed by atoms with Crippen molar-refractivity contribution in [3.05, 3.63) is 12.2 Å². The van der Waals surface area contributed by atoms with E-state index in [1.807, 2.05) is 0 Å². The van der Waals surface area contributed by atoms with E-state index in [1.165, 1.54) is 38.5 Å². The van der Waals surface area contributed by atoms with Gasteiger partial charge >= 0.3 is 5.97 Å². The molecule has 0 saturated heterocycles. The van der Waals surface area contributed by atoms with Gasteiger partial charge in [0.25, 0.3) is 0 Å². The van der Waals surface area contributed by atoms with Gasteiger partial charge in [-0.15, -0.1) is 0 Å². The lowest BCUT2D eigenvalue weighted by Crippen LogP contribution is -2.45. The van der Waals surface area contributed by atoms with Gasteiger partial charge in [0.2, 0.25) is 0 Å². The maximum absolute atomic E-state index is 10.7. The standard InChI is InChI=1S/C14H21NO2/c15-12(13(16)17)1-2-14-6-9-3-10(7-14)5-11(4-9)8-14/h1-2,9-12H,3-8,15H2,(H,16,17)/b2-1+. The zero-order chi connectivity index (χ0) is 12.0. The fourth-order valence-corrected chi connectivity index (χ4v) is 4.77. The smallest absolute Gasteiger partial charge is 0.324 e. The van der Waals surface area contributed by atoms with Gasteiger partial charge in [0, 0.05) is 0 Å². The van der Waals surface area contributed by atoms with Gasteiger partial charge in [-0.1, -0.05) is 12.2 Å². The van der Waals surface area contributed by atoms with Crippen LogP contribution in [-0.4, -0.2) is 17.1 Å². The van der Waals surface area contributed by atoms with Gasteiger partial charge in [-0.25, -0.2) is 0 Å². The lowest BCUT2D eigenvalue weighted by Gasteiger charge is -2.56. The Morgan fingerprint density at radius 1 is 1.18 bits per heavy atom. The highest BCUT2D eigenvalue weighted by molar-refractivity contribution is 5.75. The maximum Gasteiger partial charge on any atom is 0.324 e. The van der Waals surface area contributed by atoms with E-state index in [-0.39, 0.29) is 0 Å². The van der Waals surface area contributed by atoms with E-state index in [2.05, 4.69) is 6.08 Å². The number of hydrogen-bond donors (Lipinski definition) is 2. The van der Waals surface area contributed by atoms with Gasteiger partial charge in [0.05, 0.1) is 0 Å². The summed E-state index contributed by atoms with van der Waals surface area (Å²) in [6.07, 6.45) is 11.9. The molecule has 0 spiro atoms. The molecule has 0 aromatic carbocycles. The second-order valence-electron chi connectivity index (χ2n) is 6.50. The zero-order valence-electron chi connectivity index (χ0n) is 10.1. The molecule has 0 aromatic heterocycles. The highest BCUT2D eigenvalue weighted by Gasteiger charge is 2.49. The summed E-state index contributed by atoms with van der Waals surface area (Å²) in [5.41, 5.74) is 5.85. The molecule has 0 heterocycles. The van der Waals surface area contributed by atoms with Crippen molar-refractivity contribution in [2.24, 2.45) is 28.9 Å². The van der Waals surface area contributed by atoms with Gasteiger partial charge in [0.15, 0.2) is 0 Å². The third-order valence-electron chi connectivity index (χ3n) is 5.03. The van der Waals surface area contributed by atoms with Gasteiger partial charge in [-0.2, -0.15) is 0 Å². The molecule has 1 atom stereocenters. The number of hydrogen-bond acceptors (Lipinski definition) is 2. The van der Waals surface area contributed by atoms with Crippen molar-refractivity contribution in [1.29, 1.82) is 0 Å². The van der Waals surface area contributed by atoms with Crippen LogP contribution in [0.25, 0.3) is 0 Å². The van der Waals surface area contributed by atoms with E-state index < -0.39 is 12.0 Å². The lowest BCUT2D eigenvalue weighted by atomic mass is 9.49. The van der Waals surface area contributed by atoms with Crippen molar-refractivity contribution in [2.45, 2.75) is 44.6 Å². The largest absolute Gasteiger partial charge is 0.480 e. The molecule has 3 nitrogen and oxygen atoms in total. The molecule has 94 valence electrons. The number of carboxylic acids is 1. The van der Waals surface area contributed by atoms with Crippen molar-refractivity contribution in [2.75, 3.05) is 0 Å². The Labute approximate surface area is 102 Å². The van der Waals surface area contributed by atoms with E-state index in [9.17, 15) is 4.79 Å². The second kappa shape index (κ2) is 3.84. The molecule has 4 rings (SSSR count). The van der Waals surface area contributed by atoms with Crippen molar-refractivity contribution < 1.29 is 9.90 Å². The molecule has 4 aliphatic rings. The number of rotatable bonds is 3. The van der Waals surface area contributed by atoms with Crippen LogP contribution in [0, 0.1) is 23.2 Å². The summed E-state index contributed by atoms with van der Waals surface area (Å²) < 4.78 is 0. The van der Waals surface area contributed by atoms with E-state index >= 15 is 0 Å². The summed E-state index contributed by atoms with van der Waals surface area (Å²) in [6.45, 7) is 0. The first-order chi connectivity index (χ1) is 8.06. The zero-order valence-corrected chi connectivity index (χ0v) is 10.1. The van der Waals surface area contributed by atoms with Crippen molar-refractivity contribution >= 4 is 5.97 Å². The Morgan fingerprint density at radius 3 is 2.06 bits per heavy atom. The minimum Gasteiger partial charge on any atom is -0.480 e. The number of aliphatic carboxylic acids is 1. The van der Waals surface area contributed by atoms with Crippen LogP contribution in [0.5, 0.6) is 0 Å². The van der Waals surface area contributed by atoms with Gasteiger partial charge in [-0.3, -0.25) is 4.79 Å². The first-order valence-corrected chi connectivity index (χ1v) is 6.74. The molecule has 4 fully saturated rings. The van der Waals surface area contributed by atoms with Crippen LogP contribution < -0.4 is 5.73 Å². The number of carbonyl (C=O) groups is 1. The molecule has 0 radical (unpaired) electrons. The Morgan fingerprint density at radius 2 is 1.65 bits per heavy atom. The Kier molecular flexibility index (Phi) is 2.54. The normalized spacial score (nSPS) is 45.4. The number of allylic oxidation sites excluding steroid dienone is 1. The first kappa shape index (κ1) is 11.3. The summed E-state index contributed by atoms with van der Waals surface area (Å²) in [4.78, 5) is 10.7. The molecule has 17 heavy (non-hydrogen) atoms. The molecule has 0 amide bonds. The summed E-state index contributed by atoms with van der Waals surface area (Å²) in [7, 11) is 0. The van der Waals surface area contributed by atoms with Crippen LogP contribution in [0.1, 0.15) is 38.5 Å². The maximum atomic E-state index is 10.7. The van der Waals surface area contributed by atoms with Crippen LogP contribution in [0.4, 0.5) is 0 Å². The summed E-state index contributed by atoms with van der Waals surface area (Å²) >= 11 is 0. The van der Waals surface area contributed by atoms with Gasteiger partial charge < -0.3 is 10.8 Å². The predicted octanol–water partition coefficient (Wildman–Crippen LogP) is 2.17. The fraction of sp³-hybridized carbons (Fsp3) is 0.786. The quantitative estimate of drug-likeness (QED) is 0.737. The molecule has 3 N–H and O–H groups in total. The number of nitrogens with two attached hydrogens (primary N) is 1. The molecule has 4 aliphatic carbocycles. The van der Waals surface area contributed by atoms with Crippen molar-refractivity contribution in [3.63, 3.8) is 0 Å². The van der Waals surface area contributed by atoms with Crippen LogP contribution in [-0.2, 0) is 4.79 Å². The van der Waals surface area contributed by atoms with Crippen LogP contribution >= 0.6 is 0 Å². The van der Waals surface area contributed by atoms with E-state index in [0.717, 1.165) is 17.8 Å². The summed E-state index contributed by atoms with van der Waals surface area (Å²) in [5.74, 6) is 1.76. The van der Waals surface area contributed by atoms with Crippen LogP contribution in [0.15, 0.2) is 12.2 Å². The monoisotopic (exact) mass is 235 g/mol. The highest BCUT2D eigenvalue weighted by atomic mass is 16.4. The van der Waals surface area contributed by atoms with Gasteiger partial charge in [-0.05, 0) is 61.7 Å². The van der Waals surface area contributed by atoms with Crippen LogP contribution in [0.2, 0.25) is 0 Å². The van der Waals surface area contributed by atoms with Gasteiger partial charge in [0.1, 0.15) is 6.04 Å². The Bertz CT molecular complexity index is 326. The van der Waals surface area contributed by atoms with E-state index in [0.29, 0.717) is 5.41 Å². The molecule has 1 unspecified atom stereocenters. The first-order valence-electron chi connectivity index (χ1n) is 6.74. The second-order valence-corrected chi connectivity index (χ2v) is 6.50. The van der Waals surface area contributed by atoms with Crippen molar-refractivity contribution in [3.8, 4) is 0 Å². The minimum absolute atomic E-state index is 0.293. The molecule has 4 bridgehead atoms. The Balaban J connectivity index is 1.76. The average Bonchev–Trinajstić information content (AvgIpc) is 2.24. The lowest BCUT2D eigenvalue weighted by molar-refractivity contribution is -0.137. The van der Waals surface area contributed by atoms with E-state index in [1.54, 1.807) is 6.08 Å². The SMILES string of the molecule is NC(/C=C/C12CC3CC(CC(C3)C1)C2)C(=O)O. The molecular formula is C14H21NO2. The third kappa shape index (κ3) is 2.01. The molecule has 0 aliphatic heterocycles. The number of carboxylic acid groups (broad SMARTS) is 1. The molecule has 0 aromatic rings. The summed E-state index contributed by atoms with van der Waals surface area (Å²) in [5, 5.41) is 8.82.